The Balaban J connectivity index is 1.55. The molecule has 0 aromatic heterocycles. The molecule has 0 bridgehead atoms. The Morgan fingerprint density at radius 2 is 1.48 bits per heavy atom. The first kappa shape index (κ1) is 26.5. The Kier molecular flexibility index (Phi) is 12.0. The summed E-state index contributed by atoms with van der Waals surface area (Å²) >= 11 is 0. The lowest BCUT2D eigenvalue weighted by Gasteiger charge is -2.39. The van der Waals surface area contributed by atoms with E-state index in [9.17, 15) is 4.39 Å². The summed E-state index contributed by atoms with van der Waals surface area (Å²) in [6.45, 7) is 2.30. The van der Waals surface area contributed by atoms with Crippen LogP contribution >= 0.6 is 0 Å². The summed E-state index contributed by atoms with van der Waals surface area (Å²) in [6, 6.07) is 7.48. The van der Waals surface area contributed by atoms with Crippen molar-refractivity contribution in [1.82, 2.24) is 0 Å². The molecule has 0 saturated heterocycles. The lowest BCUT2D eigenvalue weighted by Crippen LogP contribution is -2.25. The summed E-state index contributed by atoms with van der Waals surface area (Å²) in [6.07, 6.45) is 31.6. The highest BCUT2D eigenvalue weighted by Crippen LogP contribution is 2.47. The molecule has 0 nitrogen and oxygen atoms in total. The van der Waals surface area contributed by atoms with E-state index in [1.165, 1.54) is 140 Å². The van der Waals surface area contributed by atoms with Crippen LogP contribution in [0.4, 0.5) is 4.39 Å². The van der Waals surface area contributed by atoms with E-state index >= 15 is 0 Å². The second-order valence-electron chi connectivity index (χ2n) is 11.4. The molecule has 2 aliphatic carbocycles. The molecule has 1 saturated carbocycles. The van der Waals surface area contributed by atoms with Gasteiger partial charge in [-0.05, 0) is 93.2 Å². The molecule has 1 unspecified atom stereocenters. The Morgan fingerprint density at radius 3 is 2.15 bits per heavy atom. The summed E-state index contributed by atoms with van der Waals surface area (Å²) in [5.41, 5.74) is 3.61. The Labute approximate surface area is 204 Å². The Bertz CT molecular complexity index is 664. The number of rotatable bonds is 15. The fourth-order valence-corrected chi connectivity index (χ4v) is 6.57. The fraction of sp³-hybridized carbons (Fsp3) is 0.750. The van der Waals surface area contributed by atoms with Crippen LogP contribution in [0.1, 0.15) is 153 Å². The van der Waals surface area contributed by atoms with Crippen LogP contribution in [0.2, 0.25) is 0 Å². The third-order valence-electron chi connectivity index (χ3n) is 8.73. The summed E-state index contributed by atoms with van der Waals surface area (Å²) in [4.78, 5) is 0. The van der Waals surface area contributed by atoms with E-state index in [0.29, 0.717) is 11.3 Å². The second-order valence-corrected chi connectivity index (χ2v) is 11.4. The zero-order chi connectivity index (χ0) is 23.2. The number of benzene rings is 1. The predicted molar refractivity (Wildman–Crippen MR) is 142 cm³/mol. The lowest BCUT2D eigenvalue weighted by atomic mass is 9.66. The SMILES string of the molecule is CCCCCCCCCCC1(CCC(CC2=CCCCC2)c2ccc(F)cc2)CCCCC1. The lowest BCUT2D eigenvalue weighted by molar-refractivity contribution is 0.144. The number of allylic oxidation sites excluding steroid dienone is 2. The smallest absolute Gasteiger partial charge is 0.123 e. The van der Waals surface area contributed by atoms with Crippen molar-refractivity contribution in [2.45, 2.75) is 148 Å². The maximum atomic E-state index is 13.6. The topological polar surface area (TPSA) is 0 Å². The van der Waals surface area contributed by atoms with E-state index in [4.69, 9.17) is 0 Å². The molecule has 0 aliphatic heterocycles. The van der Waals surface area contributed by atoms with Gasteiger partial charge in [0.1, 0.15) is 5.82 Å². The molecule has 1 fully saturated rings. The van der Waals surface area contributed by atoms with Crippen molar-refractivity contribution >= 4 is 0 Å². The molecule has 0 N–H and O–H groups in total. The molecule has 1 aromatic rings. The van der Waals surface area contributed by atoms with Gasteiger partial charge in [0.25, 0.3) is 0 Å². The molecule has 2 aliphatic rings. The van der Waals surface area contributed by atoms with Crippen molar-refractivity contribution in [3.63, 3.8) is 0 Å². The quantitative estimate of drug-likeness (QED) is 0.182. The van der Waals surface area contributed by atoms with Crippen LogP contribution in [0, 0.1) is 11.2 Å². The minimum Gasteiger partial charge on any atom is -0.207 e. The summed E-state index contributed by atoms with van der Waals surface area (Å²) in [5, 5.41) is 0. The summed E-state index contributed by atoms with van der Waals surface area (Å²) < 4.78 is 13.6. The monoisotopic (exact) mass is 454 g/mol. The first-order chi connectivity index (χ1) is 16.2. The molecule has 3 rings (SSSR count). The molecular weight excluding hydrogens is 403 g/mol. The van der Waals surface area contributed by atoms with Gasteiger partial charge in [0, 0.05) is 0 Å². The van der Waals surface area contributed by atoms with Crippen molar-refractivity contribution in [2.24, 2.45) is 5.41 Å². The minimum atomic E-state index is -0.104. The highest BCUT2D eigenvalue weighted by molar-refractivity contribution is 5.23. The molecule has 0 radical (unpaired) electrons. The van der Waals surface area contributed by atoms with Gasteiger partial charge in [-0.25, -0.2) is 4.39 Å². The van der Waals surface area contributed by atoms with Crippen molar-refractivity contribution in [2.75, 3.05) is 0 Å². The van der Waals surface area contributed by atoms with Gasteiger partial charge in [-0.3, -0.25) is 0 Å². The highest BCUT2D eigenvalue weighted by Gasteiger charge is 2.32. The van der Waals surface area contributed by atoms with E-state index in [1.54, 1.807) is 17.7 Å². The Morgan fingerprint density at radius 1 is 0.788 bits per heavy atom. The highest BCUT2D eigenvalue weighted by atomic mass is 19.1. The third-order valence-corrected chi connectivity index (χ3v) is 8.73. The van der Waals surface area contributed by atoms with E-state index in [0.717, 1.165) is 0 Å². The van der Waals surface area contributed by atoms with Gasteiger partial charge in [-0.15, -0.1) is 0 Å². The molecular formula is C32H51F. The van der Waals surface area contributed by atoms with Gasteiger partial charge in [-0.1, -0.05) is 101 Å². The number of halogens is 1. The van der Waals surface area contributed by atoms with Gasteiger partial charge < -0.3 is 0 Å². The van der Waals surface area contributed by atoms with Gasteiger partial charge in [0.05, 0.1) is 0 Å². The zero-order valence-electron chi connectivity index (χ0n) is 21.7. The van der Waals surface area contributed by atoms with Crippen LogP contribution in [0.3, 0.4) is 0 Å². The van der Waals surface area contributed by atoms with Crippen LogP contribution in [0.15, 0.2) is 35.9 Å². The average molecular weight is 455 g/mol. The van der Waals surface area contributed by atoms with Gasteiger partial charge >= 0.3 is 0 Å². The number of unbranched alkanes of at least 4 members (excludes halogenated alkanes) is 7. The van der Waals surface area contributed by atoms with Crippen molar-refractivity contribution in [1.29, 1.82) is 0 Å². The predicted octanol–water partition coefficient (Wildman–Crippen LogP) is 11.1. The van der Waals surface area contributed by atoms with Crippen LogP contribution in [-0.4, -0.2) is 0 Å². The molecule has 0 heterocycles. The van der Waals surface area contributed by atoms with Crippen molar-refractivity contribution in [3.8, 4) is 0 Å². The largest absolute Gasteiger partial charge is 0.207 e. The van der Waals surface area contributed by atoms with Crippen LogP contribution < -0.4 is 0 Å². The third kappa shape index (κ3) is 9.58. The van der Waals surface area contributed by atoms with Gasteiger partial charge in [-0.2, -0.15) is 0 Å². The Hall–Kier alpha value is -1.11. The standard InChI is InChI=1S/C32H51F/c1-2-3-4-5-6-7-8-13-23-32(24-14-10-15-25-32)26-22-30(27-28-16-11-9-12-17-28)29-18-20-31(33)21-19-29/h16,18-21,30H,2-15,17,22-27H2,1H3. The molecule has 1 aromatic carbocycles. The maximum Gasteiger partial charge on any atom is 0.123 e. The number of hydrogen-bond acceptors (Lipinski definition) is 0. The first-order valence-corrected chi connectivity index (χ1v) is 14.6. The number of hydrogen-bond donors (Lipinski definition) is 0. The first-order valence-electron chi connectivity index (χ1n) is 14.6. The second kappa shape index (κ2) is 15.0. The normalized spacial score (nSPS) is 19.3. The van der Waals surface area contributed by atoms with Crippen LogP contribution in [0.25, 0.3) is 0 Å². The van der Waals surface area contributed by atoms with Crippen molar-refractivity contribution < 1.29 is 4.39 Å². The molecule has 1 heteroatoms. The van der Waals surface area contributed by atoms with Crippen LogP contribution in [-0.2, 0) is 0 Å². The summed E-state index contributed by atoms with van der Waals surface area (Å²) in [5.74, 6) is 0.458. The van der Waals surface area contributed by atoms with E-state index in [-0.39, 0.29) is 5.82 Å². The molecule has 0 spiro atoms. The van der Waals surface area contributed by atoms with E-state index in [2.05, 4.69) is 25.1 Å². The molecule has 1 atom stereocenters. The van der Waals surface area contributed by atoms with E-state index < -0.39 is 0 Å². The zero-order valence-corrected chi connectivity index (χ0v) is 21.7. The van der Waals surface area contributed by atoms with Crippen molar-refractivity contribution in [3.05, 3.63) is 47.3 Å². The van der Waals surface area contributed by atoms with E-state index in [1.807, 2.05) is 0 Å². The molecule has 186 valence electrons. The van der Waals surface area contributed by atoms with Gasteiger partial charge in [0.2, 0.25) is 0 Å². The molecule has 33 heavy (non-hydrogen) atoms. The molecule has 0 amide bonds. The maximum absolute atomic E-state index is 13.6. The fourth-order valence-electron chi connectivity index (χ4n) is 6.57. The average Bonchev–Trinajstić information content (AvgIpc) is 2.85. The van der Waals surface area contributed by atoms with Gasteiger partial charge in [0.15, 0.2) is 0 Å². The van der Waals surface area contributed by atoms with Crippen LogP contribution in [0.5, 0.6) is 0 Å². The summed E-state index contributed by atoms with van der Waals surface area (Å²) in [7, 11) is 0. The minimum absolute atomic E-state index is 0.104.